The Kier molecular flexibility index (Phi) is 5.73. The van der Waals surface area contributed by atoms with E-state index in [9.17, 15) is 4.79 Å². The molecule has 2 N–H and O–H groups in total. The zero-order valence-electron chi connectivity index (χ0n) is 12.3. The van der Waals surface area contributed by atoms with Crippen LogP contribution in [0.1, 0.15) is 29.3 Å². The second-order valence-electron chi connectivity index (χ2n) is 5.14. The van der Waals surface area contributed by atoms with Gasteiger partial charge in [-0.05, 0) is 31.5 Å². The smallest absolute Gasteiger partial charge is 0.252 e. The van der Waals surface area contributed by atoms with Crippen molar-refractivity contribution < 1.29 is 9.90 Å². The van der Waals surface area contributed by atoms with Gasteiger partial charge in [0.15, 0.2) is 0 Å². The Morgan fingerprint density at radius 1 is 1.62 bits per heavy atom. The van der Waals surface area contributed by atoms with E-state index < -0.39 is 0 Å². The molecule has 1 unspecified atom stereocenters. The summed E-state index contributed by atoms with van der Waals surface area (Å²) in [5.74, 6) is 5.69. The molecule has 0 aliphatic carbocycles. The fourth-order valence-corrected chi connectivity index (χ4v) is 2.53. The van der Waals surface area contributed by atoms with Crippen molar-refractivity contribution in [2.24, 2.45) is 5.92 Å². The SMILES string of the molecule is CCN1CCC(CNC(=O)c2ccncc2C#CCO)C1. The standard InChI is InChI=1S/C16H21N3O2/c1-2-19-8-6-13(12-19)10-18-16(21)15-5-7-17-11-14(15)4-3-9-20/h5,7,11,13,20H,2,6,8-10,12H2,1H3,(H,18,21). The zero-order valence-corrected chi connectivity index (χ0v) is 12.3. The first-order valence-corrected chi connectivity index (χ1v) is 7.29. The van der Waals surface area contributed by atoms with Crippen LogP contribution in [-0.2, 0) is 0 Å². The molecule has 1 aromatic heterocycles. The minimum atomic E-state index is -0.231. The van der Waals surface area contributed by atoms with E-state index in [1.807, 2.05) is 0 Å². The molecule has 2 heterocycles. The monoisotopic (exact) mass is 287 g/mol. The number of nitrogens with one attached hydrogen (secondary N) is 1. The number of carbonyl (C=O) groups is 1. The van der Waals surface area contributed by atoms with Gasteiger partial charge in [0.05, 0.1) is 11.1 Å². The summed E-state index contributed by atoms with van der Waals surface area (Å²) in [6.07, 6.45) is 4.25. The van der Waals surface area contributed by atoms with Crippen LogP contribution >= 0.6 is 0 Å². The first-order valence-electron chi connectivity index (χ1n) is 7.29. The first kappa shape index (κ1) is 15.5. The fourth-order valence-electron chi connectivity index (χ4n) is 2.53. The molecule has 5 nitrogen and oxygen atoms in total. The van der Waals surface area contributed by atoms with Crippen molar-refractivity contribution in [1.29, 1.82) is 0 Å². The summed E-state index contributed by atoms with van der Waals surface area (Å²) in [4.78, 5) is 18.6. The highest BCUT2D eigenvalue weighted by Gasteiger charge is 2.21. The molecular weight excluding hydrogens is 266 g/mol. The van der Waals surface area contributed by atoms with Gasteiger partial charge in [0.2, 0.25) is 0 Å². The van der Waals surface area contributed by atoms with Crippen molar-refractivity contribution in [1.82, 2.24) is 15.2 Å². The molecule has 0 aromatic carbocycles. The van der Waals surface area contributed by atoms with Gasteiger partial charge in [-0.2, -0.15) is 0 Å². The number of rotatable bonds is 4. The number of pyridine rings is 1. The van der Waals surface area contributed by atoms with Crippen molar-refractivity contribution in [2.75, 3.05) is 32.8 Å². The third-order valence-electron chi connectivity index (χ3n) is 3.74. The number of aliphatic hydroxyl groups is 1. The summed E-state index contributed by atoms with van der Waals surface area (Å²) >= 11 is 0. The second kappa shape index (κ2) is 7.77. The van der Waals surface area contributed by atoms with Gasteiger partial charge >= 0.3 is 0 Å². The normalized spacial score (nSPS) is 18.1. The minimum Gasteiger partial charge on any atom is -0.384 e. The quantitative estimate of drug-likeness (QED) is 0.791. The van der Waals surface area contributed by atoms with E-state index in [2.05, 4.69) is 34.0 Å². The number of nitrogens with zero attached hydrogens (tertiary/aromatic N) is 2. The predicted molar refractivity (Wildman–Crippen MR) is 80.8 cm³/mol. The average molecular weight is 287 g/mol. The highest BCUT2D eigenvalue weighted by atomic mass is 16.2. The van der Waals surface area contributed by atoms with Crippen LogP contribution in [0, 0.1) is 17.8 Å². The lowest BCUT2D eigenvalue weighted by atomic mass is 10.1. The molecular formula is C16H21N3O2. The van der Waals surface area contributed by atoms with Crippen LogP contribution in [-0.4, -0.2) is 53.7 Å². The van der Waals surface area contributed by atoms with E-state index in [0.29, 0.717) is 23.6 Å². The van der Waals surface area contributed by atoms with Crippen LogP contribution in [0.25, 0.3) is 0 Å². The lowest BCUT2D eigenvalue weighted by Gasteiger charge is -2.14. The molecule has 21 heavy (non-hydrogen) atoms. The fraction of sp³-hybridized carbons (Fsp3) is 0.500. The number of aliphatic hydroxyl groups excluding tert-OH is 1. The number of amides is 1. The van der Waals surface area contributed by atoms with Crippen LogP contribution in [0.3, 0.4) is 0 Å². The molecule has 0 saturated carbocycles. The van der Waals surface area contributed by atoms with Crippen LogP contribution in [0.15, 0.2) is 18.5 Å². The summed E-state index contributed by atoms with van der Waals surface area (Å²) < 4.78 is 0. The highest BCUT2D eigenvalue weighted by molar-refractivity contribution is 5.96. The third kappa shape index (κ3) is 4.28. The van der Waals surface area contributed by atoms with Crippen molar-refractivity contribution >= 4 is 5.91 Å². The van der Waals surface area contributed by atoms with Gasteiger partial charge in [0.1, 0.15) is 6.61 Å². The van der Waals surface area contributed by atoms with E-state index in [1.165, 1.54) is 0 Å². The number of carbonyl (C=O) groups excluding carboxylic acids is 1. The summed E-state index contributed by atoms with van der Waals surface area (Å²) in [6, 6.07) is 1.66. The summed E-state index contributed by atoms with van der Waals surface area (Å²) in [5.41, 5.74) is 1.06. The third-order valence-corrected chi connectivity index (χ3v) is 3.74. The molecule has 1 amide bonds. The maximum Gasteiger partial charge on any atom is 0.252 e. The Morgan fingerprint density at radius 2 is 2.48 bits per heavy atom. The minimum absolute atomic E-state index is 0.130. The van der Waals surface area contributed by atoms with Crippen LogP contribution in [0.4, 0.5) is 0 Å². The van der Waals surface area contributed by atoms with Gasteiger partial charge in [0, 0.05) is 25.5 Å². The number of likely N-dealkylation sites (tertiary alicyclic amines) is 1. The van der Waals surface area contributed by atoms with Gasteiger partial charge < -0.3 is 15.3 Å². The summed E-state index contributed by atoms with van der Waals surface area (Å²) in [6.45, 7) is 5.83. The van der Waals surface area contributed by atoms with Crippen molar-refractivity contribution in [3.63, 3.8) is 0 Å². The molecule has 0 spiro atoms. The number of aromatic nitrogens is 1. The van der Waals surface area contributed by atoms with E-state index in [0.717, 1.165) is 26.1 Å². The van der Waals surface area contributed by atoms with Crippen LogP contribution in [0.5, 0.6) is 0 Å². The van der Waals surface area contributed by atoms with Crippen molar-refractivity contribution in [3.8, 4) is 11.8 Å². The topological polar surface area (TPSA) is 65.5 Å². The molecule has 0 radical (unpaired) electrons. The lowest BCUT2D eigenvalue weighted by molar-refractivity contribution is 0.0947. The molecule has 5 heteroatoms. The Hall–Kier alpha value is -1.90. The molecule has 1 atom stereocenters. The second-order valence-corrected chi connectivity index (χ2v) is 5.14. The number of hydrogen-bond acceptors (Lipinski definition) is 4. The van der Waals surface area contributed by atoms with E-state index >= 15 is 0 Å². The first-order chi connectivity index (χ1) is 10.2. The molecule has 0 bridgehead atoms. The Morgan fingerprint density at radius 3 is 3.19 bits per heavy atom. The van der Waals surface area contributed by atoms with Gasteiger partial charge in [-0.3, -0.25) is 9.78 Å². The number of hydrogen-bond donors (Lipinski definition) is 2. The van der Waals surface area contributed by atoms with Gasteiger partial charge in [-0.1, -0.05) is 18.8 Å². The zero-order chi connectivity index (χ0) is 15.1. The summed E-state index contributed by atoms with van der Waals surface area (Å²) in [5, 5.41) is 11.7. The van der Waals surface area contributed by atoms with Crippen molar-refractivity contribution in [2.45, 2.75) is 13.3 Å². The average Bonchev–Trinajstić information content (AvgIpc) is 2.99. The van der Waals surface area contributed by atoms with Crippen LogP contribution < -0.4 is 5.32 Å². The Bertz CT molecular complexity index is 548. The van der Waals surface area contributed by atoms with Gasteiger partial charge in [0.25, 0.3) is 5.91 Å². The molecule has 1 saturated heterocycles. The highest BCUT2D eigenvalue weighted by Crippen LogP contribution is 2.15. The maximum atomic E-state index is 12.3. The maximum absolute atomic E-state index is 12.3. The predicted octanol–water partition coefficient (Wildman–Crippen LogP) is 0.497. The molecule has 2 rings (SSSR count). The molecule has 112 valence electrons. The molecule has 1 aromatic rings. The van der Waals surface area contributed by atoms with E-state index in [4.69, 9.17) is 5.11 Å². The summed E-state index contributed by atoms with van der Waals surface area (Å²) in [7, 11) is 0. The Labute approximate surface area is 125 Å². The van der Waals surface area contributed by atoms with Gasteiger partial charge in [-0.25, -0.2) is 0 Å². The van der Waals surface area contributed by atoms with Crippen LogP contribution in [0.2, 0.25) is 0 Å². The van der Waals surface area contributed by atoms with E-state index in [1.54, 1.807) is 18.5 Å². The van der Waals surface area contributed by atoms with Gasteiger partial charge in [-0.15, -0.1) is 0 Å². The molecule has 1 aliphatic rings. The Balaban J connectivity index is 1.95. The molecule has 1 aliphatic heterocycles. The lowest BCUT2D eigenvalue weighted by Crippen LogP contribution is -2.31. The molecule has 1 fully saturated rings. The van der Waals surface area contributed by atoms with Crippen molar-refractivity contribution in [3.05, 3.63) is 29.6 Å². The van der Waals surface area contributed by atoms with E-state index in [-0.39, 0.29) is 12.5 Å². The largest absolute Gasteiger partial charge is 0.384 e.